The number of nitrogens with zero attached hydrogens (tertiary/aromatic N) is 2. The second-order valence-electron chi connectivity index (χ2n) is 16.8. The van der Waals surface area contributed by atoms with E-state index in [9.17, 15) is 0 Å². The monoisotopic (exact) mass is 825 g/mol. The van der Waals surface area contributed by atoms with Gasteiger partial charge in [0.15, 0.2) is 6.17 Å². The van der Waals surface area contributed by atoms with E-state index >= 15 is 0 Å². The summed E-state index contributed by atoms with van der Waals surface area (Å²) in [7, 11) is 0. The summed E-state index contributed by atoms with van der Waals surface area (Å²) in [5, 5.41) is 11.1. The van der Waals surface area contributed by atoms with E-state index in [0.717, 1.165) is 74.3 Å². The highest BCUT2D eigenvalue weighted by Crippen LogP contribution is 2.45. The number of nitrogens with one attached hydrogen (secondary N) is 1. The molecule has 9 aromatic carbocycles. The van der Waals surface area contributed by atoms with E-state index in [4.69, 9.17) is 14.4 Å². The van der Waals surface area contributed by atoms with Crippen molar-refractivity contribution in [2.45, 2.75) is 24.9 Å². The van der Waals surface area contributed by atoms with E-state index in [-0.39, 0.29) is 5.92 Å². The predicted octanol–water partition coefficient (Wildman–Crippen LogP) is 15.0. The Morgan fingerprint density at radius 1 is 0.476 bits per heavy atom. The van der Waals surface area contributed by atoms with Crippen LogP contribution in [0.15, 0.2) is 209 Å². The molecule has 2 unspecified atom stereocenters. The average Bonchev–Trinajstić information content (AvgIpc) is 3.87. The molecule has 4 nitrogen and oxygen atoms in total. The van der Waals surface area contributed by atoms with Gasteiger partial charge >= 0.3 is 0 Å². The molecule has 1 aliphatic heterocycles. The van der Waals surface area contributed by atoms with Gasteiger partial charge in [-0.15, -0.1) is 11.3 Å². The molecule has 2 aliphatic rings. The highest BCUT2D eigenvalue weighted by Gasteiger charge is 2.29. The molecule has 63 heavy (non-hydrogen) atoms. The number of thiophene rings is 1. The van der Waals surface area contributed by atoms with Crippen molar-refractivity contribution in [3.63, 3.8) is 0 Å². The number of aliphatic imine (C=N–C) groups is 2. The minimum absolute atomic E-state index is 0.138. The molecule has 0 saturated heterocycles. The molecule has 2 atom stereocenters. The number of benzene rings is 9. The largest absolute Gasteiger partial charge is 0.455 e. The number of hydrogen-bond donors (Lipinski definition) is 1. The Labute approximate surface area is 368 Å². The highest BCUT2D eigenvalue weighted by atomic mass is 32.1. The molecule has 1 N–H and O–H groups in total. The van der Waals surface area contributed by atoms with Gasteiger partial charge in [0, 0.05) is 42.4 Å². The van der Waals surface area contributed by atoms with Crippen molar-refractivity contribution >= 4 is 75.9 Å². The first-order valence-electron chi connectivity index (χ1n) is 21.7. The van der Waals surface area contributed by atoms with Gasteiger partial charge < -0.3 is 9.73 Å². The summed E-state index contributed by atoms with van der Waals surface area (Å²) in [4.78, 5) is 10.9. The summed E-state index contributed by atoms with van der Waals surface area (Å²) in [6, 6.07) is 70.3. The van der Waals surface area contributed by atoms with Crippen LogP contribution in [-0.2, 0) is 6.42 Å². The van der Waals surface area contributed by atoms with Crippen LogP contribution >= 0.6 is 11.3 Å². The first kappa shape index (κ1) is 36.1. The van der Waals surface area contributed by atoms with E-state index in [2.05, 4.69) is 199 Å². The van der Waals surface area contributed by atoms with Crippen molar-refractivity contribution in [1.82, 2.24) is 5.32 Å². The van der Waals surface area contributed by atoms with Crippen LogP contribution in [0.25, 0.3) is 75.1 Å². The topological polar surface area (TPSA) is 49.9 Å². The Bertz CT molecular complexity index is 3690. The van der Waals surface area contributed by atoms with Gasteiger partial charge in [-0.3, -0.25) is 0 Å². The number of aryl methyl sites for hydroxylation is 1. The number of furan rings is 1. The lowest BCUT2D eigenvalue weighted by Crippen LogP contribution is -2.36. The normalized spacial score (nSPS) is 16.1. The number of fused-ring (bicyclic) bond motifs is 10. The van der Waals surface area contributed by atoms with Gasteiger partial charge in [0.1, 0.15) is 22.8 Å². The molecule has 11 aromatic rings. The van der Waals surface area contributed by atoms with E-state index in [1.165, 1.54) is 58.8 Å². The molecular formula is C58H39N3OS. The zero-order valence-electron chi connectivity index (χ0n) is 34.3. The van der Waals surface area contributed by atoms with E-state index < -0.39 is 6.17 Å². The summed E-state index contributed by atoms with van der Waals surface area (Å²) in [5.41, 5.74) is 13.6. The summed E-state index contributed by atoms with van der Waals surface area (Å²) in [6.45, 7) is 0. The maximum atomic E-state index is 6.86. The molecule has 0 amide bonds. The van der Waals surface area contributed by atoms with Crippen molar-refractivity contribution in [3.05, 3.63) is 228 Å². The summed E-state index contributed by atoms with van der Waals surface area (Å²) < 4.78 is 9.37. The lowest BCUT2D eigenvalue weighted by atomic mass is 9.84. The van der Waals surface area contributed by atoms with Gasteiger partial charge in [0.05, 0.1) is 5.56 Å². The molecule has 298 valence electrons. The fourth-order valence-electron chi connectivity index (χ4n) is 10.1. The van der Waals surface area contributed by atoms with Gasteiger partial charge in [0.25, 0.3) is 0 Å². The lowest BCUT2D eigenvalue weighted by molar-refractivity contribution is 0.666. The summed E-state index contributed by atoms with van der Waals surface area (Å²) in [6.07, 6.45) is 1.44. The fraction of sp³-hybridized carbons (Fsp3) is 0.0690. The molecule has 1 aliphatic carbocycles. The molecule has 0 radical (unpaired) electrons. The second-order valence-corrected chi connectivity index (χ2v) is 17.9. The Morgan fingerprint density at radius 2 is 1.22 bits per heavy atom. The van der Waals surface area contributed by atoms with Gasteiger partial charge in [0.2, 0.25) is 0 Å². The van der Waals surface area contributed by atoms with Gasteiger partial charge in [-0.2, -0.15) is 0 Å². The minimum atomic E-state index is -0.497. The van der Waals surface area contributed by atoms with Crippen LogP contribution in [0.1, 0.15) is 51.9 Å². The molecule has 0 fully saturated rings. The molecule has 2 aromatic heterocycles. The minimum Gasteiger partial charge on any atom is -0.455 e. The van der Waals surface area contributed by atoms with Crippen LogP contribution in [0.3, 0.4) is 0 Å². The van der Waals surface area contributed by atoms with Crippen molar-refractivity contribution in [2.75, 3.05) is 0 Å². The summed E-state index contributed by atoms with van der Waals surface area (Å²) >= 11 is 1.82. The standard InChI is InChI=1S/C58H39N3OS/c1-2-13-35(14-3-1)36-17-12-18-40(30-36)56-59-57(41-26-28-48-47-22-9-11-24-53(47)63-54(48)34-41)61-58(60-56)51-33-42(32-50-46-21-8-10-23-52(46)62-55(50)51)43-27-25-39-29-37-15-4-5-16-38(37)31-49(39)45-20-7-6-19-44(43)45/h1-24,26,28-34,43,56H,25,27H2,(H,59,60,61). The van der Waals surface area contributed by atoms with E-state index in [1.807, 2.05) is 11.3 Å². The van der Waals surface area contributed by atoms with Crippen LogP contribution in [-0.4, -0.2) is 11.7 Å². The maximum absolute atomic E-state index is 6.86. The van der Waals surface area contributed by atoms with Crippen LogP contribution < -0.4 is 5.32 Å². The van der Waals surface area contributed by atoms with Crippen LogP contribution in [0.4, 0.5) is 0 Å². The first-order chi connectivity index (χ1) is 31.2. The first-order valence-corrected chi connectivity index (χ1v) is 22.6. The molecule has 0 saturated carbocycles. The second kappa shape index (κ2) is 14.5. The maximum Gasteiger partial charge on any atom is 0.169 e. The third-order valence-corrected chi connectivity index (χ3v) is 14.3. The SMILES string of the molecule is c1ccc(-c2cccc(C3N=C(c4ccc5c(c4)sc4ccccc45)NC(c4cc(C5CCc6cc7ccccc7cc6-c6ccccc65)cc5c4oc4ccccc45)=N3)c2)cc1. The zero-order valence-corrected chi connectivity index (χ0v) is 35.1. The van der Waals surface area contributed by atoms with Crippen molar-refractivity contribution in [1.29, 1.82) is 0 Å². The Hall–Kier alpha value is -7.60. The molecule has 5 heteroatoms. The Kier molecular flexibility index (Phi) is 8.31. The van der Waals surface area contributed by atoms with E-state index in [0.29, 0.717) is 0 Å². The van der Waals surface area contributed by atoms with Gasteiger partial charge in [-0.05, 0) is 111 Å². The highest BCUT2D eigenvalue weighted by molar-refractivity contribution is 7.25. The third-order valence-electron chi connectivity index (χ3n) is 13.1. The van der Waals surface area contributed by atoms with Crippen LogP contribution in [0.5, 0.6) is 0 Å². The molecule has 13 rings (SSSR count). The Balaban J connectivity index is 1.00. The lowest BCUT2D eigenvalue weighted by Gasteiger charge is -2.24. The predicted molar refractivity (Wildman–Crippen MR) is 263 cm³/mol. The molecular weight excluding hydrogens is 787 g/mol. The third kappa shape index (κ3) is 6.11. The average molecular weight is 826 g/mol. The fourth-order valence-corrected chi connectivity index (χ4v) is 11.2. The zero-order chi connectivity index (χ0) is 41.4. The number of hydrogen-bond acceptors (Lipinski definition) is 5. The van der Waals surface area contributed by atoms with Crippen molar-refractivity contribution < 1.29 is 4.42 Å². The Morgan fingerprint density at radius 3 is 2.14 bits per heavy atom. The molecule has 0 bridgehead atoms. The van der Waals surface area contributed by atoms with Crippen LogP contribution in [0, 0.1) is 0 Å². The molecule has 0 spiro atoms. The number of amidine groups is 2. The van der Waals surface area contributed by atoms with Crippen molar-refractivity contribution in [3.8, 4) is 22.3 Å². The quantitative estimate of drug-likeness (QED) is 0.188. The number of para-hydroxylation sites is 1. The summed E-state index contributed by atoms with van der Waals surface area (Å²) in [5.74, 6) is 1.67. The smallest absolute Gasteiger partial charge is 0.169 e. The number of rotatable bonds is 5. The van der Waals surface area contributed by atoms with Gasteiger partial charge in [-0.25, -0.2) is 9.98 Å². The van der Waals surface area contributed by atoms with Crippen LogP contribution in [0.2, 0.25) is 0 Å². The van der Waals surface area contributed by atoms with Crippen molar-refractivity contribution in [2.24, 2.45) is 9.98 Å². The van der Waals surface area contributed by atoms with E-state index in [1.54, 1.807) is 0 Å². The molecule has 3 heterocycles. The van der Waals surface area contributed by atoms with Gasteiger partial charge in [-0.1, -0.05) is 152 Å².